The van der Waals surface area contributed by atoms with E-state index >= 15 is 0 Å². The first-order valence-electron chi connectivity index (χ1n) is 8.56. The van der Waals surface area contributed by atoms with Crippen LogP contribution in [0.2, 0.25) is 0 Å². The van der Waals surface area contributed by atoms with Crippen molar-refractivity contribution in [2.24, 2.45) is 5.92 Å². The number of nitrogens with one attached hydrogen (secondary N) is 1. The highest BCUT2D eigenvalue weighted by atomic mass is 16.5. The second-order valence-corrected chi connectivity index (χ2v) is 7.00. The van der Waals surface area contributed by atoms with Crippen LogP contribution in [0.1, 0.15) is 60.8 Å². The standard InChI is InChI=1S/C18H23N3O4/c1-9(2)7-14(18(23)24-4)19-16(22)12-8-13(11-5-6-11)20-17-15(12)10(3)21-25-17/h8-9,11,14H,5-7H2,1-4H3,(H,19,22)/t14-/m1/s1. The number of hydrogen-bond acceptors (Lipinski definition) is 6. The normalized spacial score (nSPS) is 15.4. The first kappa shape index (κ1) is 17.4. The van der Waals surface area contributed by atoms with Crippen LogP contribution in [-0.2, 0) is 9.53 Å². The van der Waals surface area contributed by atoms with Gasteiger partial charge in [-0.2, -0.15) is 0 Å². The zero-order valence-electron chi connectivity index (χ0n) is 15.0. The van der Waals surface area contributed by atoms with E-state index in [9.17, 15) is 9.59 Å². The molecule has 0 bridgehead atoms. The molecule has 25 heavy (non-hydrogen) atoms. The van der Waals surface area contributed by atoms with Crippen molar-refractivity contribution < 1.29 is 18.8 Å². The van der Waals surface area contributed by atoms with E-state index in [-0.39, 0.29) is 11.8 Å². The molecule has 2 aromatic heterocycles. The lowest BCUT2D eigenvalue weighted by molar-refractivity contribution is -0.143. The largest absolute Gasteiger partial charge is 0.467 e. The van der Waals surface area contributed by atoms with Gasteiger partial charge in [0.15, 0.2) is 0 Å². The highest BCUT2D eigenvalue weighted by Crippen LogP contribution is 2.40. The van der Waals surface area contributed by atoms with Crippen LogP contribution in [0.15, 0.2) is 10.6 Å². The third-order valence-electron chi connectivity index (χ3n) is 4.38. The summed E-state index contributed by atoms with van der Waals surface area (Å²) >= 11 is 0. The van der Waals surface area contributed by atoms with Crippen LogP contribution >= 0.6 is 0 Å². The van der Waals surface area contributed by atoms with Gasteiger partial charge in [0, 0.05) is 11.6 Å². The van der Waals surface area contributed by atoms with Gasteiger partial charge in [-0.25, -0.2) is 9.78 Å². The van der Waals surface area contributed by atoms with Crippen molar-refractivity contribution in [3.63, 3.8) is 0 Å². The predicted octanol–water partition coefficient (Wildman–Crippen LogP) is 2.73. The number of methoxy groups -OCH3 is 1. The number of hydrogen-bond donors (Lipinski definition) is 1. The Labute approximate surface area is 146 Å². The summed E-state index contributed by atoms with van der Waals surface area (Å²) in [6.45, 7) is 5.75. The quantitative estimate of drug-likeness (QED) is 0.809. The second-order valence-electron chi connectivity index (χ2n) is 7.00. The summed E-state index contributed by atoms with van der Waals surface area (Å²) in [5.41, 5.74) is 2.26. The van der Waals surface area contributed by atoms with Gasteiger partial charge in [-0.1, -0.05) is 19.0 Å². The number of pyridine rings is 1. The minimum Gasteiger partial charge on any atom is -0.467 e. The molecule has 0 radical (unpaired) electrons. The van der Waals surface area contributed by atoms with Gasteiger partial charge < -0.3 is 14.6 Å². The van der Waals surface area contributed by atoms with E-state index in [0.717, 1.165) is 18.5 Å². The number of esters is 1. The molecule has 1 fully saturated rings. The fourth-order valence-electron chi connectivity index (χ4n) is 2.94. The van der Waals surface area contributed by atoms with Crippen molar-refractivity contribution in [3.8, 4) is 0 Å². The summed E-state index contributed by atoms with van der Waals surface area (Å²) in [5, 5.41) is 7.32. The molecule has 7 nitrogen and oxygen atoms in total. The molecule has 0 saturated heterocycles. The Balaban J connectivity index is 1.94. The second kappa shape index (κ2) is 6.82. The van der Waals surface area contributed by atoms with Crippen LogP contribution in [0.25, 0.3) is 11.1 Å². The van der Waals surface area contributed by atoms with Gasteiger partial charge in [0.2, 0.25) is 0 Å². The van der Waals surface area contributed by atoms with Gasteiger partial charge in [-0.05, 0) is 38.2 Å². The number of nitrogens with zero attached hydrogens (tertiary/aromatic N) is 2. The van der Waals surface area contributed by atoms with E-state index in [2.05, 4.69) is 15.5 Å². The van der Waals surface area contributed by atoms with Gasteiger partial charge in [-0.15, -0.1) is 0 Å². The first-order valence-corrected chi connectivity index (χ1v) is 8.56. The summed E-state index contributed by atoms with van der Waals surface area (Å²) in [6, 6.07) is 1.11. The van der Waals surface area contributed by atoms with Gasteiger partial charge in [0.25, 0.3) is 11.6 Å². The molecule has 1 atom stereocenters. The average Bonchev–Trinajstić information content (AvgIpc) is 3.36. The summed E-state index contributed by atoms with van der Waals surface area (Å²) in [6.07, 6.45) is 2.63. The molecule has 0 spiro atoms. The first-order chi connectivity index (χ1) is 11.9. The molecular formula is C18H23N3O4. The van der Waals surface area contributed by atoms with Gasteiger partial charge >= 0.3 is 5.97 Å². The highest BCUT2D eigenvalue weighted by molar-refractivity contribution is 6.07. The molecule has 2 aromatic rings. The lowest BCUT2D eigenvalue weighted by Crippen LogP contribution is -2.42. The Morgan fingerprint density at radius 2 is 2.12 bits per heavy atom. The van der Waals surface area contributed by atoms with Gasteiger partial charge in [0.05, 0.1) is 23.8 Å². The number of aryl methyl sites for hydroxylation is 1. The summed E-state index contributed by atoms with van der Waals surface area (Å²) in [4.78, 5) is 29.4. The summed E-state index contributed by atoms with van der Waals surface area (Å²) in [7, 11) is 1.32. The predicted molar refractivity (Wildman–Crippen MR) is 91.2 cm³/mol. The third-order valence-corrected chi connectivity index (χ3v) is 4.38. The van der Waals surface area contributed by atoms with Crippen LogP contribution in [0.5, 0.6) is 0 Å². The molecular weight excluding hydrogens is 322 g/mol. The van der Waals surface area contributed by atoms with Crippen molar-refractivity contribution in [2.45, 2.75) is 52.0 Å². The maximum absolute atomic E-state index is 12.9. The monoisotopic (exact) mass is 345 g/mol. The van der Waals surface area contributed by atoms with Crippen LogP contribution in [0.3, 0.4) is 0 Å². The van der Waals surface area contributed by atoms with Crippen molar-refractivity contribution in [1.82, 2.24) is 15.5 Å². The number of ether oxygens (including phenoxy) is 1. The van der Waals surface area contributed by atoms with E-state index < -0.39 is 12.0 Å². The molecule has 3 rings (SSSR count). The van der Waals surface area contributed by atoms with Gasteiger partial charge in [-0.3, -0.25) is 4.79 Å². The number of carbonyl (C=O) groups excluding carboxylic acids is 2. The Kier molecular flexibility index (Phi) is 4.74. The van der Waals surface area contributed by atoms with Crippen LogP contribution in [0, 0.1) is 12.8 Å². The zero-order valence-corrected chi connectivity index (χ0v) is 15.0. The van der Waals surface area contributed by atoms with Crippen molar-refractivity contribution in [1.29, 1.82) is 0 Å². The average molecular weight is 345 g/mol. The van der Waals surface area contributed by atoms with E-state index in [4.69, 9.17) is 9.26 Å². The molecule has 1 amide bonds. The van der Waals surface area contributed by atoms with Crippen LogP contribution in [-0.4, -0.2) is 35.2 Å². The Bertz CT molecular complexity index is 808. The number of fused-ring (bicyclic) bond motifs is 1. The zero-order chi connectivity index (χ0) is 18.1. The number of amides is 1. The van der Waals surface area contributed by atoms with E-state index in [0.29, 0.717) is 34.7 Å². The Hall–Kier alpha value is -2.44. The molecule has 2 heterocycles. The molecule has 0 aliphatic heterocycles. The van der Waals surface area contributed by atoms with Crippen molar-refractivity contribution in [3.05, 3.63) is 23.0 Å². The smallest absolute Gasteiger partial charge is 0.328 e. The van der Waals surface area contributed by atoms with Crippen LogP contribution < -0.4 is 5.32 Å². The van der Waals surface area contributed by atoms with E-state index in [1.165, 1.54) is 7.11 Å². The third kappa shape index (κ3) is 3.65. The number of carbonyl (C=O) groups is 2. The minimum absolute atomic E-state index is 0.237. The van der Waals surface area contributed by atoms with E-state index in [1.807, 2.05) is 13.8 Å². The maximum Gasteiger partial charge on any atom is 0.328 e. The van der Waals surface area contributed by atoms with E-state index in [1.54, 1.807) is 13.0 Å². The van der Waals surface area contributed by atoms with Crippen molar-refractivity contribution in [2.75, 3.05) is 7.11 Å². The Morgan fingerprint density at radius 1 is 1.40 bits per heavy atom. The Morgan fingerprint density at radius 3 is 2.72 bits per heavy atom. The molecule has 1 saturated carbocycles. The number of rotatable bonds is 6. The SMILES string of the molecule is COC(=O)[C@@H](CC(C)C)NC(=O)c1cc(C2CC2)nc2onc(C)c12. The maximum atomic E-state index is 12.9. The fourth-order valence-corrected chi connectivity index (χ4v) is 2.94. The van der Waals surface area contributed by atoms with Gasteiger partial charge in [0.1, 0.15) is 6.04 Å². The number of aromatic nitrogens is 2. The molecule has 0 unspecified atom stereocenters. The summed E-state index contributed by atoms with van der Waals surface area (Å²) < 4.78 is 10.1. The molecule has 1 aliphatic rings. The lowest BCUT2D eigenvalue weighted by Gasteiger charge is -2.18. The molecule has 0 aromatic carbocycles. The van der Waals surface area contributed by atoms with Crippen molar-refractivity contribution >= 4 is 23.0 Å². The highest BCUT2D eigenvalue weighted by Gasteiger charge is 2.30. The lowest BCUT2D eigenvalue weighted by atomic mass is 10.0. The minimum atomic E-state index is -0.690. The molecule has 7 heteroatoms. The molecule has 1 aliphatic carbocycles. The van der Waals surface area contributed by atoms with Crippen LogP contribution in [0.4, 0.5) is 0 Å². The molecule has 1 N–H and O–H groups in total. The summed E-state index contributed by atoms with van der Waals surface area (Å²) in [5.74, 6) is -0.178. The fraction of sp³-hybridized carbons (Fsp3) is 0.556. The topological polar surface area (TPSA) is 94.3 Å². The molecule has 134 valence electrons.